The quantitative estimate of drug-likeness (QED) is 0.881. The Kier molecular flexibility index (Phi) is 3.02. The van der Waals surface area contributed by atoms with Crippen molar-refractivity contribution in [2.24, 2.45) is 0 Å². The number of hydrogen-bond donors (Lipinski definition) is 2. The van der Waals surface area contributed by atoms with E-state index in [0.29, 0.717) is 23.7 Å². The molecule has 0 bridgehead atoms. The van der Waals surface area contributed by atoms with Crippen LogP contribution in [0, 0.1) is 0 Å². The highest BCUT2D eigenvalue weighted by molar-refractivity contribution is 5.92. The van der Waals surface area contributed by atoms with E-state index in [0.717, 1.165) is 18.7 Å². The van der Waals surface area contributed by atoms with Gasteiger partial charge in [-0.3, -0.25) is 14.8 Å². The van der Waals surface area contributed by atoms with Gasteiger partial charge in [-0.15, -0.1) is 0 Å². The normalized spacial score (nSPS) is 30.2. The van der Waals surface area contributed by atoms with Crippen LogP contribution in [0.15, 0.2) is 6.07 Å². The predicted molar refractivity (Wildman–Crippen MR) is 75.6 cm³/mol. The van der Waals surface area contributed by atoms with Crippen LogP contribution in [0.4, 0.5) is 0 Å². The van der Waals surface area contributed by atoms with Gasteiger partial charge < -0.3 is 5.32 Å². The highest BCUT2D eigenvalue weighted by Crippen LogP contribution is 2.39. The molecule has 3 heterocycles. The van der Waals surface area contributed by atoms with Crippen LogP contribution in [0.2, 0.25) is 0 Å². The minimum Gasteiger partial charge on any atom is -0.346 e. The van der Waals surface area contributed by atoms with Gasteiger partial charge in [-0.05, 0) is 44.7 Å². The van der Waals surface area contributed by atoms with Crippen LogP contribution in [0.3, 0.4) is 0 Å². The van der Waals surface area contributed by atoms with E-state index in [-0.39, 0.29) is 5.91 Å². The first-order valence-electron chi connectivity index (χ1n) is 7.91. The Hall–Kier alpha value is -1.36. The molecule has 3 aliphatic rings. The Morgan fingerprint density at radius 1 is 1.25 bits per heavy atom. The molecule has 5 heteroatoms. The number of hydrogen-bond acceptors (Lipinski definition) is 3. The van der Waals surface area contributed by atoms with Crippen molar-refractivity contribution in [3.05, 3.63) is 17.5 Å². The largest absolute Gasteiger partial charge is 0.346 e. The summed E-state index contributed by atoms with van der Waals surface area (Å²) in [6, 6.07) is 2.79. The number of aromatic nitrogens is 2. The first kappa shape index (κ1) is 12.4. The highest BCUT2D eigenvalue weighted by Gasteiger charge is 2.36. The average Bonchev–Trinajstić information content (AvgIpc) is 3.06. The van der Waals surface area contributed by atoms with Crippen molar-refractivity contribution in [1.82, 2.24) is 20.4 Å². The lowest BCUT2D eigenvalue weighted by molar-refractivity contribution is 0.0910. The Morgan fingerprint density at radius 2 is 2.15 bits per heavy atom. The van der Waals surface area contributed by atoms with Crippen molar-refractivity contribution in [2.75, 3.05) is 13.1 Å². The number of amides is 1. The van der Waals surface area contributed by atoms with E-state index in [9.17, 15) is 4.79 Å². The van der Waals surface area contributed by atoms with E-state index in [1.54, 1.807) is 0 Å². The first-order valence-corrected chi connectivity index (χ1v) is 7.91. The number of aromatic amines is 1. The lowest BCUT2D eigenvalue weighted by atomic mass is 9.99. The molecule has 2 aliphatic heterocycles. The molecule has 1 aromatic rings. The number of H-pyrrole nitrogens is 1. The van der Waals surface area contributed by atoms with Crippen molar-refractivity contribution in [3.8, 4) is 0 Å². The van der Waals surface area contributed by atoms with E-state index < -0.39 is 0 Å². The monoisotopic (exact) mass is 274 g/mol. The van der Waals surface area contributed by atoms with E-state index in [2.05, 4.69) is 20.4 Å². The molecule has 0 spiro atoms. The third-order valence-electron chi connectivity index (χ3n) is 5.02. The van der Waals surface area contributed by atoms with Gasteiger partial charge in [0, 0.05) is 30.2 Å². The Morgan fingerprint density at radius 3 is 3.00 bits per heavy atom. The maximum absolute atomic E-state index is 12.3. The van der Waals surface area contributed by atoms with Crippen molar-refractivity contribution in [3.63, 3.8) is 0 Å². The van der Waals surface area contributed by atoms with Crippen molar-refractivity contribution >= 4 is 5.91 Å². The summed E-state index contributed by atoms with van der Waals surface area (Å²) in [5.41, 5.74) is 1.68. The number of nitrogens with one attached hydrogen (secondary N) is 2. The summed E-state index contributed by atoms with van der Waals surface area (Å²) >= 11 is 0. The van der Waals surface area contributed by atoms with Gasteiger partial charge in [0.05, 0.1) is 0 Å². The highest BCUT2D eigenvalue weighted by atomic mass is 16.2. The van der Waals surface area contributed by atoms with Gasteiger partial charge in [0.15, 0.2) is 0 Å². The van der Waals surface area contributed by atoms with Gasteiger partial charge >= 0.3 is 0 Å². The SMILES string of the molecule is O=C(N[C@H]1CCN2CCCC[C@@H]12)c1cc(C2CC2)[nH]n1. The molecular formula is C15H22N4O. The number of piperidine rings is 1. The average molecular weight is 274 g/mol. The summed E-state index contributed by atoms with van der Waals surface area (Å²) in [7, 11) is 0. The van der Waals surface area contributed by atoms with E-state index in [1.807, 2.05) is 6.07 Å². The second-order valence-electron chi connectivity index (χ2n) is 6.45. The molecule has 1 saturated carbocycles. The second kappa shape index (κ2) is 4.88. The van der Waals surface area contributed by atoms with Gasteiger partial charge in [-0.25, -0.2) is 0 Å². The van der Waals surface area contributed by atoms with Crippen LogP contribution in [0.5, 0.6) is 0 Å². The standard InChI is InChI=1S/C15H22N4O/c20-15(13-9-12(17-18-13)10-4-5-10)16-11-6-8-19-7-2-1-3-14(11)19/h9-11,14H,1-8H2,(H,16,20)(H,17,18)/t11-,14-/m0/s1. The van der Waals surface area contributed by atoms with Gasteiger partial charge in [0.1, 0.15) is 5.69 Å². The lowest BCUT2D eigenvalue weighted by Crippen LogP contribution is -2.46. The van der Waals surface area contributed by atoms with Crippen molar-refractivity contribution in [1.29, 1.82) is 0 Å². The van der Waals surface area contributed by atoms with Crippen LogP contribution in [-0.2, 0) is 0 Å². The van der Waals surface area contributed by atoms with Crippen molar-refractivity contribution < 1.29 is 4.79 Å². The first-order chi connectivity index (χ1) is 9.81. The topological polar surface area (TPSA) is 61.0 Å². The van der Waals surface area contributed by atoms with E-state index in [1.165, 1.54) is 38.6 Å². The lowest BCUT2D eigenvalue weighted by Gasteiger charge is -2.32. The van der Waals surface area contributed by atoms with Crippen LogP contribution >= 0.6 is 0 Å². The van der Waals surface area contributed by atoms with Crippen LogP contribution < -0.4 is 5.32 Å². The number of nitrogens with zero attached hydrogens (tertiary/aromatic N) is 2. The molecule has 1 aromatic heterocycles. The Balaban J connectivity index is 1.41. The zero-order chi connectivity index (χ0) is 13.5. The fraction of sp³-hybridized carbons (Fsp3) is 0.733. The molecule has 1 aliphatic carbocycles. The van der Waals surface area contributed by atoms with E-state index >= 15 is 0 Å². The summed E-state index contributed by atoms with van der Waals surface area (Å²) in [6.45, 7) is 2.33. The van der Waals surface area contributed by atoms with Gasteiger partial charge in [0.2, 0.25) is 0 Å². The summed E-state index contributed by atoms with van der Waals surface area (Å²) in [4.78, 5) is 14.9. The molecule has 2 N–H and O–H groups in total. The second-order valence-corrected chi connectivity index (χ2v) is 6.45. The minimum absolute atomic E-state index is 0.00873. The third kappa shape index (κ3) is 2.24. The summed E-state index contributed by atoms with van der Waals surface area (Å²) in [5.74, 6) is 0.606. The van der Waals surface area contributed by atoms with Crippen LogP contribution in [-0.4, -0.2) is 46.2 Å². The number of rotatable bonds is 3. The Bertz CT molecular complexity index is 508. The summed E-state index contributed by atoms with van der Waals surface area (Å²) < 4.78 is 0. The third-order valence-corrected chi connectivity index (χ3v) is 5.02. The number of carbonyl (C=O) groups is 1. The van der Waals surface area contributed by atoms with E-state index in [4.69, 9.17) is 0 Å². The summed E-state index contributed by atoms with van der Waals surface area (Å²) in [5, 5.41) is 10.4. The zero-order valence-corrected chi connectivity index (χ0v) is 11.8. The molecule has 3 fully saturated rings. The maximum Gasteiger partial charge on any atom is 0.272 e. The molecule has 2 saturated heterocycles. The molecule has 108 valence electrons. The fourth-order valence-corrected chi connectivity index (χ4v) is 3.71. The predicted octanol–water partition coefficient (Wildman–Crippen LogP) is 1.64. The number of carbonyl (C=O) groups excluding carboxylic acids is 1. The molecule has 1 amide bonds. The molecule has 0 aromatic carbocycles. The molecule has 0 radical (unpaired) electrons. The number of fused-ring (bicyclic) bond motifs is 1. The smallest absolute Gasteiger partial charge is 0.272 e. The van der Waals surface area contributed by atoms with Crippen molar-refractivity contribution in [2.45, 2.75) is 56.5 Å². The van der Waals surface area contributed by atoms with Crippen LogP contribution in [0.25, 0.3) is 0 Å². The molecule has 4 rings (SSSR count). The minimum atomic E-state index is -0.00873. The van der Waals surface area contributed by atoms with Gasteiger partial charge in [-0.1, -0.05) is 6.42 Å². The molecule has 20 heavy (non-hydrogen) atoms. The molecule has 2 atom stereocenters. The summed E-state index contributed by atoms with van der Waals surface area (Å²) in [6.07, 6.45) is 7.35. The van der Waals surface area contributed by atoms with Gasteiger partial charge in [0.25, 0.3) is 5.91 Å². The maximum atomic E-state index is 12.3. The molecule has 5 nitrogen and oxygen atoms in total. The fourth-order valence-electron chi connectivity index (χ4n) is 3.71. The molecular weight excluding hydrogens is 252 g/mol. The molecule has 0 unspecified atom stereocenters. The van der Waals surface area contributed by atoms with Gasteiger partial charge in [-0.2, -0.15) is 5.10 Å². The Labute approximate surface area is 119 Å². The van der Waals surface area contributed by atoms with Crippen LogP contribution in [0.1, 0.15) is 60.6 Å². The zero-order valence-electron chi connectivity index (χ0n) is 11.8.